The van der Waals surface area contributed by atoms with Crippen LogP contribution in [-0.4, -0.2) is 36.1 Å². The van der Waals surface area contributed by atoms with E-state index >= 15 is 0 Å². The lowest BCUT2D eigenvalue weighted by atomic mass is 9.92. The van der Waals surface area contributed by atoms with Crippen LogP contribution in [0.25, 0.3) is 0 Å². The number of hydrogen-bond acceptors (Lipinski definition) is 2. The molecule has 0 aromatic carbocycles. The average molecular weight is 212 g/mol. The Morgan fingerprint density at radius 3 is 2.53 bits per heavy atom. The SMILES string of the molecule is CC1CCCN(CCNC(C)(C)C)C1C. The van der Waals surface area contributed by atoms with Gasteiger partial charge >= 0.3 is 0 Å². The third kappa shape index (κ3) is 4.52. The largest absolute Gasteiger partial charge is 0.311 e. The van der Waals surface area contributed by atoms with E-state index in [-0.39, 0.29) is 5.54 Å². The Morgan fingerprint density at radius 1 is 1.27 bits per heavy atom. The van der Waals surface area contributed by atoms with E-state index in [1.807, 2.05) is 0 Å². The van der Waals surface area contributed by atoms with Gasteiger partial charge < -0.3 is 5.32 Å². The van der Waals surface area contributed by atoms with Gasteiger partial charge in [-0.1, -0.05) is 6.92 Å². The quantitative estimate of drug-likeness (QED) is 0.773. The molecular formula is C13H28N2. The van der Waals surface area contributed by atoms with Crippen LogP contribution >= 0.6 is 0 Å². The Bertz CT molecular complexity index is 183. The highest BCUT2D eigenvalue weighted by atomic mass is 15.2. The van der Waals surface area contributed by atoms with Crippen LogP contribution in [-0.2, 0) is 0 Å². The molecule has 0 radical (unpaired) electrons. The first-order valence-electron chi connectivity index (χ1n) is 6.39. The molecular weight excluding hydrogens is 184 g/mol. The summed E-state index contributed by atoms with van der Waals surface area (Å²) in [6.07, 6.45) is 2.78. The molecule has 2 atom stereocenters. The van der Waals surface area contributed by atoms with E-state index in [0.717, 1.165) is 18.5 Å². The van der Waals surface area contributed by atoms with Gasteiger partial charge in [-0.2, -0.15) is 0 Å². The minimum atomic E-state index is 0.255. The van der Waals surface area contributed by atoms with E-state index in [2.05, 4.69) is 44.8 Å². The number of nitrogens with one attached hydrogen (secondary N) is 1. The molecule has 0 amide bonds. The van der Waals surface area contributed by atoms with Gasteiger partial charge in [-0.05, 0) is 53.0 Å². The van der Waals surface area contributed by atoms with Crippen molar-refractivity contribution in [1.29, 1.82) is 0 Å². The van der Waals surface area contributed by atoms with Crippen molar-refractivity contribution in [1.82, 2.24) is 10.2 Å². The molecule has 1 saturated heterocycles. The minimum absolute atomic E-state index is 0.255. The van der Waals surface area contributed by atoms with Crippen molar-refractivity contribution in [2.75, 3.05) is 19.6 Å². The van der Waals surface area contributed by atoms with Crippen LogP contribution in [0.5, 0.6) is 0 Å². The van der Waals surface area contributed by atoms with Crippen molar-refractivity contribution in [2.24, 2.45) is 5.92 Å². The summed E-state index contributed by atoms with van der Waals surface area (Å²) in [7, 11) is 0. The monoisotopic (exact) mass is 212 g/mol. The molecule has 0 bridgehead atoms. The second-order valence-corrected chi connectivity index (χ2v) is 6.07. The Kier molecular flexibility index (Phi) is 4.60. The summed E-state index contributed by atoms with van der Waals surface area (Å²) in [6.45, 7) is 15.1. The molecule has 0 aromatic rings. The van der Waals surface area contributed by atoms with Gasteiger partial charge in [0.05, 0.1) is 0 Å². The molecule has 0 saturated carbocycles. The predicted octanol–water partition coefficient (Wildman–Crippen LogP) is 2.49. The van der Waals surface area contributed by atoms with Crippen LogP contribution in [0.2, 0.25) is 0 Å². The molecule has 1 fully saturated rings. The summed E-state index contributed by atoms with van der Waals surface area (Å²) >= 11 is 0. The first-order valence-corrected chi connectivity index (χ1v) is 6.39. The van der Waals surface area contributed by atoms with Gasteiger partial charge in [-0.3, -0.25) is 4.90 Å². The lowest BCUT2D eigenvalue weighted by Crippen LogP contribution is -2.47. The summed E-state index contributed by atoms with van der Waals surface area (Å²) < 4.78 is 0. The standard InChI is InChI=1S/C13H28N2/c1-11-7-6-9-15(12(11)2)10-8-14-13(3,4)5/h11-12,14H,6-10H2,1-5H3. The Balaban J connectivity index is 2.26. The molecule has 2 heteroatoms. The zero-order valence-electron chi connectivity index (χ0n) is 11.1. The van der Waals surface area contributed by atoms with Gasteiger partial charge in [-0.25, -0.2) is 0 Å². The van der Waals surface area contributed by atoms with E-state index < -0.39 is 0 Å². The Labute approximate surface area is 95.4 Å². The summed E-state index contributed by atoms with van der Waals surface area (Å²) in [6, 6.07) is 0.764. The maximum Gasteiger partial charge on any atom is 0.0110 e. The summed E-state index contributed by atoms with van der Waals surface area (Å²) in [5.74, 6) is 0.869. The van der Waals surface area contributed by atoms with Crippen molar-refractivity contribution < 1.29 is 0 Å². The van der Waals surface area contributed by atoms with E-state index in [9.17, 15) is 0 Å². The fourth-order valence-electron chi connectivity index (χ4n) is 2.31. The van der Waals surface area contributed by atoms with Crippen LogP contribution in [0.3, 0.4) is 0 Å². The third-order valence-corrected chi connectivity index (χ3v) is 3.56. The van der Waals surface area contributed by atoms with Gasteiger partial charge in [0.2, 0.25) is 0 Å². The molecule has 15 heavy (non-hydrogen) atoms. The summed E-state index contributed by atoms with van der Waals surface area (Å²) in [5, 5.41) is 3.56. The average Bonchev–Trinajstić information content (AvgIpc) is 2.10. The lowest BCUT2D eigenvalue weighted by molar-refractivity contribution is 0.112. The first-order chi connectivity index (χ1) is 6.90. The van der Waals surface area contributed by atoms with Gasteiger partial charge in [-0.15, -0.1) is 0 Å². The topological polar surface area (TPSA) is 15.3 Å². The van der Waals surface area contributed by atoms with E-state index in [0.29, 0.717) is 0 Å². The molecule has 1 N–H and O–H groups in total. The van der Waals surface area contributed by atoms with Gasteiger partial charge in [0.1, 0.15) is 0 Å². The first kappa shape index (κ1) is 13.0. The maximum atomic E-state index is 3.56. The predicted molar refractivity (Wildman–Crippen MR) is 67.2 cm³/mol. The normalized spacial score (nSPS) is 29.4. The zero-order chi connectivity index (χ0) is 11.5. The second-order valence-electron chi connectivity index (χ2n) is 6.07. The molecule has 0 aliphatic carbocycles. The number of piperidine rings is 1. The van der Waals surface area contributed by atoms with Crippen molar-refractivity contribution in [3.05, 3.63) is 0 Å². The van der Waals surface area contributed by atoms with Crippen molar-refractivity contribution in [3.8, 4) is 0 Å². The lowest BCUT2D eigenvalue weighted by Gasteiger charge is -2.38. The summed E-state index contributed by atoms with van der Waals surface area (Å²) in [4.78, 5) is 2.63. The third-order valence-electron chi connectivity index (χ3n) is 3.56. The van der Waals surface area contributed by atoms with Crippen LogP contribution in [0, 0.1) is 5.92 Å². The van der Waals surface area contributed by atoms with Crippen LogP contribution in [0.1, 0.15) is 47.5 Å². The van der Waals surface area contributed by atoms with Gasteiger partial charge in [0.25, 0.3) is 0 Å². The van der Waals surface area contributed by atoms with E-state index in [4.69, 9.17) is 0 Å². The molecule has 0 spiro atoms. The van der Waals surface area contributed by atoms with Crippen LogP contribution in [0.15, 0.2) is 0 Å². The highest BCUT2D eigenvalue weighted by Gasteiger charge is 2.24. The molecule has 1 aliphatic rings. The smallest absolute Gasteiger partial charge is 0.0110 e. The Hall–Kier alpha value is -0.0800. The number of hydrogen-bond donors (Lipinski definition) is 1. The molecule has 2 unspecified atom stereocenters. The molecule has 0 aromatic heterocycles. The van der Waals surface area contributed by atoms with Crippen LogP contribution < -0.4 is 5.32 Å². The molecule has 90 valence electrons. The summed E-state index contributed by atoms with van der Waals surface area (Å²) in [5.41, 5.74) is 0.255. The zero-order valence-corrected chi connectivity index (χ0v) is 11.1. The number of nitrogens with zero attached hydrogens (tertiary/aromatic N) is 1. The highest BCUT2D eigenvalue weighted by molar-refractivity contribution is 4.80. The van der Waals surface area contributed by atoms with Gasteiger partial charge in [0, 0.05) is 24.7 Å². The highest BCUT2D eigenvalue weighted by Crippen LogP contribution is 2.22. The van der Waals surface area contributed by atoms with Crippen molar-refractivity contribution in [2.45, 2.75) is 59.0 Å². The van der Waals surface area contributed by atoms with Crippen LogP contribution in [0.4, 0.5) is 0 Å². The number of likely N-dealkylation sites (tertiary alicyclic amines) is 1. The molecule has 2 nitrogen and oxygen atoms in total. The van der Waals surface area contributed by atoms with E-state index in [1.54, 1.807) is 0 Å². The fraction of sp³-hybridized carbons (Fsp3) is 1.00. The Morgan fingerprint density at radius 2 is 1.93 bits per heavy atom. The molecule has 1 aliphatic heterocycles. The molecule has 1 rings (SSSR count). The maximum absolute atomic E-state index is 3.56. The second kappa shape index (κ2) is 5.31. The van der Waals surface area contributed by atoms with Crippen molar-refractivity contribution >= 4 is 0 Å². The van der Waals surface area contributed by atoms with E-state index in [1.165, 1.54) is 25.9 Å². The molecule has 1 heterocycles. The minimum Gasteiger partial charge on any atom is -0.311 e. The van der Waals surface area contributed by atoms with Crippen molar-refractivity contribution in [3.63, 3.8) is 0 Å². The fourth-order valence-corrected chi connectivity index (χ4v) is 2.31. The number of rotatable bonds is 3. The van der Waals surface area contributed by atoms with Gasteiger partial charge in [0.15, 0.2) is 0 Å².